The second kappa shape index (κ2) is 8.06. The molecule has 7 nitrogen and oxygen atoms in total. The summed E-state index contributed by atoms with van der Waals surface area (Å²) >= 11 is 0. The Kier molecular flexibility index (Phi) is 5.34. The van der Waals surface area contributed by atoms with Crippen LogP contribution in [-0.2, 0) is 17.8 Å². The van der Waals surface area contributed by atoms with Crippen molar-refractivity contribution in [3.8, 4) is 0 Å². The molecule has 1 aromatic carbocycles. The molecule has 3 aromatic rings. The number of fused-ring (bicyclic) bond motifs is 1. The summed E-state index contributed by atoms with van der Waals surface area (Å²) in [6, 6.07) is 11.7. The van der Waals surface area contributed by atoms with Gasteiger partial charge in [0.15, 0.2) is 0 Å². The van der Waals surface area contributed by atoms with E-state index in [0.29, 0.717) is 36.0 Å². The van der Waals surface area contributed by atoms with Crippen molar-refractivity contribution >= 4 is 11.6 Å². The number of aryl methyl sites for hydroxylation is 2. The first kappa shape index (κ1) is 18.6. The van der Waals surface area contributed by atoms with Crippen molar-refractivity contribution in [2.45, 2.75) is 39.2 Å². The van der Waals surface area contributed by atoms with Gasteiger partial charge in [-0.25, -0.2) is 4.98 Å². The van der Waals surface area contributed by atoms with Crippen LogP contribution in [0.3, 0.4) is 0 Å². The van der Waals surface area contributed by atoms with E-state index >= 15 is 0 Å². The van der Waals surface area contributed by atoms with E-state index in [1.165, 1.54) is 10.1 Å². The molecule has 1 N–H and O–H groups in total. The van der Waals surface area contributed by atoms with Crippen molar-refractivity contribution < 1.29 is 4.79 Å². The van der Waals surface area contributed by atoms with Gasteiger partial charge in [0.05, 0.1) is 5.69 Å². The van der Waals surface area contributed by atoms with E-state index in [4.69, 9.17) is 0 Å². The summed E-state index contributed by atoms with van der Waals surface area (Å²) in [4.78, 5) is 35.9. The Morgan fingerprint density at radius 3 is 2.89 bits per heavy atom. The molecule has 1 aliphatic heterocycles. The number of piperidine rings is 1. The minimum Gasteiger partial charge on any atom is -0.299 e. The van der Waals surface area contributed by atoms with Gasteiger partial charge in [-0.15, -0.1) is 0 Å². The fraction of sp³-hybridized carbons (Fsp3) is 0.429. The SMILES string of the molecule is Cc1nc2nc(CN3CCC[C@@H](C(=O)CCc4ccccc4)C3)cc(=O)n2[nH]1. The molecule has 0 unspecified atom stereocenters. The topological polar surface area (TPSA) is 83.4 Å². The first-order chi connectivity index (χ1) is 13.6. The molecule has 1 fully saturated rings. The molecule has 0 spiro atoms. The summed E-state index contributed by atoms with van der Waals surface area (Å²) in [5.41, 5.74) is 1.75. The molecule has 7 heteroatoms. The number of aromatic nitrogens is 4. The number of hydrogen-bond acceptors (Lipinski definition) is 5. The molecule has 0 saturated carbocycles. The number of H-pyrrole nitrogens is 1. The van der Waals surface area contributed by atoms with E-state index in [9.17, 15) is 9.59 Å². The lowest BCUT2D eigenvalue weighted by atomic mass is 9.90. The summed E-state index contributed by atoms with van der Waals surface area (Å²) in [5.74, 6) is 1.45. The molecule has 0 radical (unpaired) electrons. The van der Waals surface area contributed by atoms with E-state index in [-0.39, 0.29) is 11.5 Å². The highest BCUT2D eigenvalue weighted by Crippen LogP contribution is 2.21. The number of carbonyl (C=O) groups is 1. The largest absolute Gasteiger partial charge is 0.299 e. The zero-order valence-corrected chi connectivity index (χ0v) is 16.1. The van der Waals surface area contributed by atoms with Crippen molar-refractivity contribution in [1.29, 1.82) is 0 Å². The minimum absolute atomic E-state index is 0.0647. The Morgan fingerprint density at radius 1 is 1.25 bits per heavy atom. The van der Waals surface area contributed by atoms with E-state index in [1.807, 2.05) is 18.2 Å². The second-order valence-electron chi connectivity index (χ2n) is 7.56. The predicted molar refractivity (Wildman–Crippen MR) is 106 cm³/mol. The van der Waals surface area contributed by atoms with Crippen LogP contribution in [0.4, 0.5) is 0 Å². The zero-order valence-electron chi connectivity index (χ0n) is 16.1. The van der Waals surface area contributed by atoms with Crippen LogP contribution < -0.4 is 5.56 Å². The van der Waals surface area contributed by atoms with E-state index in [0.717, 1.165) is 32.4 Å². The molecule has 146 valence electrons. The fourth-order valence-corrected chi connectivity index (χ4v) is 3.92. The van der Waals surface area contributed by atoms with Gasteiger partial charge in [0, 0.05) is 31.5 Å². The molecule has 1 atom stereocenters. The Morgan fingerprint density at radius 2 is 2.07 bits per heavy atom. The Labute approximate surface area is 163 Å². The number of ketones is 1. The van der Waals surface area contributed by atoms with Crippen LogP contribution in [0.15, 0.2) is 41.2 Å². The Balaban J connectivity index is 1.38. The third kappa shape index (κ3) is 4.20. The molecular weight excluding hydrogens is 354 g/mol. The maximum absolute atomic E-state index is 12.7. The summed E-state index contributed by atoms with van der Waals surface area (Å²) in [5, 5.41) is 2.88. The predicted octanol–water partition coefficient (Wildman–Crippen LogP) is 2.14. The number of Topliss-reactive ketones (excluding diaryl/α,β-unsaturated/α-hetero) is 1. The maximum atomic E-state index is 12.7. The molecule has 0 amide bonds. The number of nitrogens with zero attached hydrogens (tertiary/aromatic N) is 4. The van der Waals surface area contributed by atoms with Gasteiger partial charge in [-0.1, -0.05) is 30.3 Å². The highest BCUT2D eigenvalue weighted by atomic mass is 16.1. The third-order valence-electron chi connectivity index (χ3n) is 5.34. The van der Waals surface area contributed by atoms with Gasteiger partial charge >= 0.3 is 0 Å². The van der Waals surface area contributed by atoms with E-state index in [1.54, 1.807) is 13.0 Å². The number of nitrogens with one attached hydrogen (secondary N) is 1. The zero-order chi connectivity index (χ0) is 19.5. The minimum atomic E-state index is -0.159. The van der Waals surface area contributed by atoms with Gasteiger partial charge in [0.1, 0.15) is 11.6 Å². The van der Waals surface area contributed by atoms with Gasteiger partial charge < -0.3 is 0 Å². The van der Waals surface area contributed by atoms with Crippen LogP contribution >= 0.6 is 0 Å². The number of likely N-dealkylation sites (tertiary alicyclic amines) is 1. The van der Waals surface area contributed by atoms with Gasteiger partial charge in [-0.05, 0) is 38.3 Å². The smallest absolute Gasteiger partial charge is 0.274 e. The molecule has 3 heterocycles. The molecule has 28 heavy (non-hydrogen) atoms. The summed E-state index contributed by atoms with van der Waals surface area (Å²) < 4.78 is 1.35. The molecule has 0 bridgehead atoms. The van der Waals surface area contributed by atoms with E-state index in [2.05, 4.69) is 32.1 Å². The van der Waals surface area contributed by atoms with Gasteiger partial charge in [-0.2, -0.15) is 9.50 Å². The van der Waals surface area contributed by atoms with Crippen molar-refractivity contribution in [3.63, 3.8) is 0 Å². The monoisotopic (exact) mass is 379 g/mol. The number of benzene rings is 1. The summed E-state index contributed by atoms with van der Waals surface area (Å²) in [7, 11) is 0. The second-order valence-corrected chi connectivity index (χ2v) is 7.56. The highest BCUT2D eigenvalue weighted by Gasteiger charge is 2.25. The summed E-state index contributed by atoms with van der Waals surface area (Å²) in [6.07, 6.45) is 3.31. The van der Waals surface area contributed by atoms with Crippen LogP contribution in [0.25, 0.3) is 5.78 Å². The lowest BCUT2D eigenvalue weighted by Gasteiger charge is -2.31. The van der Waals surface area contributed by atoms with Gasteiger partial charge in [-0.3, -0.25) is 19.6 Å². The standard InChI is InChI=1S/C21H25N5O2/c1-15-22-21-23-18(12-20(28)26(21)24-15)14-25-11-5-8-17(13-25)19(27)10-9-16-6-3-2-4-7-16/h2-4,6-7,12,17H,5,8-11,13-14H2,1H3,(H,22,23,24)/t17-/m1/s1. The summed E-state index contributed by atoms with van der Waals surface area (Å²) in [6.45, 7) is 4.02. The van der Waals surface area contributed by atoms with Crippen LogP contribution in [0, 0.1) is 12.8 Å². The fourth-order valence-electron chi connectivity index (χ4n) is 3.92. The normalized spacial score (nSPS) is 17.8. The van der Waals surface area contributed by atoms with Crippen molar-refractivity contribution in [2.24, 2.45) is 5.92 Å². The number of carbonyl (C=O) groups excluding carboxylic acids is 1. The lowest BCUT2D eigenvalue weighted by Crippen LogP contribution is -2.38. The first-order valence-electron chi connectivity index (χ1n) is 9.83. The van der Waals surface area contributed by atoms with Crippen LogP contribution in [0.5, 0.6) is 0 Å². The number of rotatable bonds is 6. The molecular formula is C21H25N5O2. The van der Waals surface area contributed by atoms with Crippen molar-refractivity contribution in [2.75, 3.05) is 13.1 Å². The highest BCUT2D eigenvalue weighted by molar-refractivity contribution is 5.81. The quantitative estimate of drug-likeness (QED) is 0.709. The third-order valence-corrected chi connectivity index (χ3v) is 5.34. The molecule has 1 aliphatic rings. The number of aromatic amines is 1. The lowest BCUT2D eigenvalue weighted by molar-refractivity contribution is -0.124. The molecule has 0 aliphatic carbocycles. The van der Waals surface area contributed by atoms with Gasteiger partial charge in [0.25, 0.3) is 11.3 Å². The average Bonchev–Trinajstić information content (AvgIpc) is 3.08. The molecule has 2 aromatic heterocycles. The average molecular weight is 379 g/mol. The Hall–Kier alpha value is -2.80. The van der Waals surface area contributed by atoms with Crippen LogP contribution in [-0.4, -0.2) is 43.4 Å². The number of hydrogen-bond donors (Lipinski definition) is 1. The van der Waals surface area contributed by atoms with Crippen LogP contribution in [0.1, 0.15) is 36.3 Å². The first-order valence-corrected chi connectivity index (χ1v) is 9.83. The van der Waals surface area contributed by atoms with Crippen molar-refractivity contribution in [1.82, 2.24) is 24.5 Å². The molecule has 1 saturated heterocycles. The molecule has 4 rings (SSSR count). The van der Waals surface area contributed by atoms with Crippen molar-refractivity contribution in [3.05, 3.63) is 63.8 Å². The maximum Gasteiger partial charge on any atom is 0.274 e. The van der Waals surface area contributed by atoms with Gasteiger partial charge in [0.2, 0.25) is 0 Å². The van der Waals surface area contributed by atoms with Crippen LogP contribution in [0.2, 0.25) is 0 Å². The Bertz CT molecular complexity index is 1020. The van der Waals surface area contributed by atoms with E-state index < -0.39 is 0 Å².